The van der Waals surface area contributed by atoms with Gasteiger partial charge >= 0.3 is 11.9 Å². The van der Waals surface area contributed by atoms with Crippen molar-refractivity contribution < 1.29 is 28.5 Å². The van der Waals surface area contributed by atoms with Crippen LogP contribution in [0.1, 0.15) is 37.9 Å². The molecule has 2 heterocycles. The van der Waals surface area contributed by atoms with Crippen LogP contribution >= 0.6 is 11.3 Å². The molecule has 0 saturated heterocycles. The lowest BCUT2D eigenvalue weighted by Crippen LogP contribution is -2.40. The van der Waals surface area contributed by atoms with Crippen LogP contribution in [0, 0.1) is 0 Å². The van der Waals surface area contributed by atoms with E-state index in [9.17, 15) is 14.4 Å². The zero-order valence-corrected chi connectivity index (χ0v) is 24.5. The normalized spacial score (nSPS) is 14.8. The van der Waals surface area contributed by atoms with Crippen molar-refractivity contribution in [1.82, 2.24) is 4.57 Å². The minimum absolute atomic E-state index is 0.164. The van der Waals surface area contributed by atoms with E-state index in [0.29, 0.717) is 32.1 Å². The van der Waals surface area contributed by atoms with E-state index in [0.717, 1.165) is 16.3 Å². The van der Waals surface area contributed by atoms with Gasteiger partial charge in [-0.05, 0) is 60.9 Å². The molecule has 1 aromatic heterocycles. The lowest BCUT2D eigenvalue weighted by molar-refractivity contribution is -0.145. The van der Waals surface area contributed by atoms with Crippen LogP contribution in [-0.4, -0.2) is 43.4 Å². The second kappa shape index (κ2) is 12.4. The molecule has 0 aliphatic carbocycles. The minimum atomic E-state index is -0.831. The maximum Gasteiger partial charge on any atom is 0.344 e. The molecule has 10 heteroatoms. The highest BCUT2D eigenvalue weighted by atomic mass is 32.1. The molecule has 0 radical (unpaired) electrons. The van der Waals surface area contributed by atoms with Gasteiger partial charge in [0, 0.05) is 0 Å². The first-order valence-corrected chi connectivity index (χ1v) is 14.3. The molecule has 0 amide bonds. The Hall–Kier alpha value is -4.70. The predicted molar refractivity (Wildman–Crippen MR) is 159 cm³/mol. The number of fused-ring (bicyclic) bond motifs is 2. The van der Waals surface area contributed by atoms with E-state index in [1.54, 1.807) is 39.0 Å². The molecule has 1 aliphatic rings. The summed E-state index contributed by atoms with van der Waals surface area (Å²) < 4.78 is 23.5. The van der Waals surface area contributed by atoms with Crippen molar-refractivity contribution in [2.75, 3.05) is 26.9 Å². The van der Waals surface area contributed by atoms with Crippen molar-refractivity contribution in [3.63, 3.8) is 0 Å². The Morgan fingerprint density at radius 3 is 2.52 bits per heavy atom. The molecule has 5 rings (SSSR count). The fourth-order valence-corrected chi connectivity index (χ4v) is 5.97. The molecular weight excluding hydrogens is 556 g/mol. The molecule has 0 saturated carbocycles. The van der Waals surface area contributed by atoms with Gasteiger partial charge in [-0.25, -0.2) is 14.6 Å². The Balaban J connectivity index is 1.66. The highest BCUT2D eigenvalue weighted by Gasteiger charge is 2.34. The number of esters is 2. The van der Waals surface area contributed by atoms with Crippen LogP contribution in [0.15, 0.2) is 81.7 Å². The van der Waals surface area contributed by atoms with Gasteiger partial charge < -0.3 is 18.9 Å². The van der Waals surface area contributed by atoms with Gasteiger partial charge in [-0.3, -0.25) is 9.36 Å². The van der Waals surface area contributed by atoms with Crippen LogP contribution in [0.25, 0.3) is 16.8 Å². The summed E-state index contributed by atoms with van der Waals surface area (Å²) in [6, 6.07) is 18.1. The molecule has 9 nitrogen and oxygen atoms in total. The molecule has 216 valence electrons. The predicted octanol–water partition coefficient (Wildman–Crippen LogP) is 3.90. The Kier molecular flexibility index (Phi) is 8.53. The first-order chi connectivity index (χ1) is 20.4. The second-order valence-electron chi connectivity index (χ2n) is 9.37. The van der Waals surface area contributed by atoms with Gasteiger partial charge in [0.15, 0.2) is 22.9 Å². The third-order valence-corrected chi connectivity index (χ3v) is 7.76. The van der Waals surface area contributed by atoms with E-state index >= 15 is 0 Å². The Morgan fingerprint density at radius 1 is 1.00 bits per heavy atom. The number of rotatable bonds is 9. The number of nitrogens with zero attached hydrogens (tertiary/aromatic N) is 2. The number of allylic oxidation sites excluding steroid dienone is 1. The van der Waals surface area contributed by atoms with E-state index in [1.165, 1.54) is 23.0 Å². The standard InChI is InChI=1S/C32H30N2O7S/c1-5-39-27(35)18-41-24-15-14-22(16-25(24)38-4)29-28(31(37)40-6-2)19(3)33-32-34(29)30(36)26(42-32)17-21-12-9-11-20-10-7-8-13-23(20)21/h7-17,29H,5-6,18H2,1-4H3. The Labute approximate surface area is 245 Å². The Bertz CT molecular complexity index is 1880. The summed E-state index contributed by atoms with van der Waals surface area (Å²) in [7, 11) is 1.47. The van der Waals surface area contributed by atoms with Gasteiger partial charge in [0.05, 0.1) is 42.2 Å². The number of hydrogen-bond acceptors (Lipinski definition) is 9. The fourth-order valence-electron chi connectivity index (χ4n) is 4.94. The molecule has 0 spiro atoms. The lowest BCUT2D eigenvalue weighted by Gasteiger charge is -2.25. The summed E-state index contributed by atoms with van der Waals surface area (Å²) in [4.78, 5) is 44.2. The largest absolute Gasteiger partial charge is 0.493 e. The van der Waals surface area contributed by atoms with Gasteiger partial charge in [-0.1, -0.05) is 59.9 Å². The number of hydrogen-bond donors (Lipinski definition) is 0. The smallest absolute Gasteiger partial charge is 0.344 e. The van der Waals surface area contributed by atoms with Crippen LogP contribution in [0.2, 0.25) is 0 Å². The van der Waals surface area contributed by atoms with Crippen LogP contribution in [-0.2, 0) is 19.1 Å². The lowest BCUT2D eigenvalue weighted by atomic mass is 9.95. The third kappa shape index (κ3) is 5.58. The van der Waals surface area contributed by atoms with Gasteiger partial charge in [-0.2, -0.15) is 0 Å². The van der Waals surface area contributed by atoms with Crippen molar-refractivity contribution in [2.24, 2.45) is 4.99 Å². The van der Waals surface area contributed by atoms with Crippen LogP contribution in [0.5, 0.6) is 11.5 Å². The Morgan fingerprint density at radius 2 is 1.76 bits per heavy atom. The molecule has 1 aliphatic heterocycles. The number of aromatic nitrogens is 1. The summed E-state index contributed by atoms with van der Waals surface area (Å²) in [5.74, 6) is -0.428. The van der Waals surface area contributed by atoms with Crippen LogP contribution in [0.3, 0.4) is 0 Å². The number of thiazole rings is 1. The maximum absolute atomic E-state index is 14.0. The highest BCUT2D eigenvalue weighted by Crippen LogP contribution is 2.36. The summed E-state index contributed by atoms with van der Waals surface area (Å²) >= 11 is 1.26. The van der Waals surface area contributed by atoms with Crippen molar-refractivity contribution in [3.05, 3.63) is 103 Å². The second-order valence-corrected chi connectivity index (χ2v) is 10.4. The molecule has 0 fully saturated rings. The van der Waals surface area contributed by atoms with Crippen molar-refractivity contribution in [3.8, 4) is 11.5 Å². The quantitative estimate of drug-likeness (QED) is 0.274. The van der Waals surface area contributed by atoms with Gasteiger partial charge in [0.25, 0.3) is 5.56 Å². The third-order valence-electron chi connectivity index (χ3n) is 6.78. The average Bonchev–Trinajstić information content (AvgIpc) is 3.29. The molecule has 4 aromatic rings. The topological polar surface area (TPSA) is 105 Å². The molecule has 1 atom stereocenters. The SMILES string of the molecule is CCOC(=O)COc1ccc(C2C(C(=O)OCC)=C(C)N=c3sc(=Cc4cccc5ccccc45)c(=O)n32)cc1OC. The zero-order valence-electron chi connectivity index (χ0n) is 23.7. The summed E-state index contributed by atoms with van der Waals surface area (Å²) in [6.07, 6.45) is 1.86. The fraction of sp³-hybridized carbons (Fsp3) is 0.250. The molecule has 1 unspecified atom stereocenters. The first-order valence-electron chi connectivity index (χ1n) is 13.5. The van der Waals surface area contributed by atoms with Crippen molar-refractivity contribution >= 4 is 40.1 Å². The monoisotopic (exact) mass is 586 g/mol. The molecule has 42 heavy (non-hydrogen) atoms. The number of benzene rings is 3. The zero-order chi connectivity index (χ0) is 29.8. The molecule has 0 N–H and O–H groups in total. The average molecular weight is 587 g/mol. The van der Waals surface area contributed by atoms with E-state index in [-0.39, 0.29) is 31.0 Å². The van der Waals surface area contributed by atoms with Gasteiger partial charge in [0.2, 0.25) is 0 Å². The minimum Gasteiger partial charge on any atom is -0.493 e. The molecular formula is C32H30N2O7S. The highest BCUT2D eigenvalue weighted by molar-refractivity contribution is 7.07. The number of methoxy groups -OCH3 is 1. The van der Waals surface area contributed by atoms with Crippen LogP contribution < -0.4 is 24.4 Å². The summed E-state index contributed by atoms with van der Waals surface area (Å²) in [6.45, 7) is 5.28. The number of carbonyl (C=O) groups excluding carboxylic acids is 2. The van der Waals surface area contributed by atoms with E-state index < -0.39 is 18.0 Å². The van der Waals surface area contributed by atoms with Crippen molar-refractivity contribution in [1.29, 1.82) is 0 Å². The number of carbonyl (C=O) groups is 2. The summed E-state index contributed by atoms with van der Waals surface area (Å²) in [5, 5.41) is 2.09. The van der Waals surface area contributed by atoms with E-state index in [1.807, 2.05) is 48.5 Å². The molecule has 3 aromatic carbocycles. The van der Waals surface area contributed by atoms with E-state index in [2.05, 4.69) is 4.99 Å². The molecule has 0 bridgehead atoms. The van der Waals surface area contributed by atoms with E-state index in [4.69, 9.17) is 18.9 Å². The first kappa shape index (κ1) is 28.8. The van der Waals surface area contributed by atoms with Crippen LogP contribution in [0.4, 0.5) is 0 Å². The van der Waals surface area contributed by atoms with Gasteiger partial charge in [-0.15, -0.1) is 0 Å². The maximum atomic E-state index is 14.0. The number of ether oxygens (including phenoxy) is 4. The summed E-state index contributed by atoms with van der Waals surface area (Å²) in [5.41, 5.74) is 1.92. The van der Waals surface area contributed by atoms with Gasteiger partial charge in [0.1, 0.15) is 0 Å². The van der Waals surface area contributed by atoms with Crippen molar-refractivity contribution in [2.45, 2.75) is 26.8 Å².